The Labute approximate surface area is 223 Å². The largest absolute Gasteiger partial charge is 0.462 e. The number of allylic oxidation sites excluding steroid dienone is 1. The van der Waals surface area contributed by atoms with Crippen LogP contribution < -0.4 is 5.73 Å². The van der Waals surface area contributed by atoms with Gasteiger partial charge in [0.15, 0.2) is 5.78 Å². The Balaban J connectivity index is 1.60. The zero-order chi connectivity index (χ0) is 27.4. The van der Waals surface area contributed by atoms with E-state index in [0.29, 0.717) is 18.3 Å². The lowest BCUT2D eigenvalue weighted by Gasteiger charge is -2.74. The molecule has 0 spiro atoms. The van der Waals surface area contributed by atoms with Crippen molar-refractivity contribution in [3.8, 4) is 0 Å². The summed E-state index contributed by atoms with van der Waals surface area (Å²) in [5.74, 6) is 1.01. The second kappa shape index (κ2) is 8.02. The zero-order valence-electron chi connectivity index (χ0n) is 24.5. The molecule has 0 aromatic heterocycles. The lowest BCUT2D eigenvalue weighted by Crippen LogP contribution is -2.74. The minimum Gasteiger partial charge on any atom is -0.462 e. The van der Waals surface area contributed by atoms with Gasteiger partial charge in [-0.15, -0.1) is 0 Å². The molecule has 4 fully saturated rings. The van der Waals surface area contributed by atoms with E-state index in [9.17, 15) is 14.4 Å². The van der Waals surface area contributed by atoms with Crippen LogP contribution in [0.2, 0.25) is 0 Å². The number of rotatable bonds is 3. The third kappa shape index (κ3) is 3.16. The molecular weight excluding hydrogens is 462 g/mol. The Morgan fingerprint density at radius 1 is 0.973 bits per heavy atom. The molecule has 0 heterocycles. The van der Waals surface area contributed by atoms with E-state index in [0.717, 1.165) is 68.8 Å². The minimum atomic E-state index is -0.709. The first kappa shape index (κ1) is 27.1. The van der Waals surface area contributed by atoms with Crippen LogP contribution in [0.4, 0.5) is 0 Å². The van der Waals surface area contributed by atoms with Crippen LogP contribution in [0, 0.1) is 44.8 Å². The number of hydrogen-bond acceptors (Lipinski definition) is 5. The van der Waals surface area contributed by atoms with E-state index in [1.54, 1.807) is 0 Å². The van der Waals surface area contributed by atoms with E-state index in [1.807, 2.05) is 0 Å². The number of hydrogen-bond donors (Lipinski definition) is 1. The Morgan fingerprint density at radius 2 is 1.62 bits per heavy atom. The Kier molecular flexibility index (Phi) is 5.87. The number of nitrogens with two attached hydrogens (primary N) is 1. The highest BCUT2D eigenvalue weighted by molar-refractivity contribution is 6.04. The van der Waals surface area contributed by atoms with Crippen LogP contribution in [-0.4, -0.2) is 29.7 Å². The molecule has 5 aliphatic rings. The fraction of sp³-hybridized carbons (Fsp3) is 0.844. The van der Waals surface area contributed by atoms with Crippen LogP contribution in [0.5, 0.6) is 0 Å². The van der Waals surface area contributed by atoms with Crippen LogP contribution in [0.1, 0.15) is 113 Å². The number of carbonyl (C=O) groups excluding carboxylic acids is 3. The minimum absolute atomic E-state index is 0.00533. The van der Waals surface area contributed by atoms with E-state index in [2.05, 4.69) is 48.5 Å². The van der Waals surface area contributed by atoms with Crippen molar-refractivity contribution in [3.63, 3.8) is 0 Å². The summed E-state index contributed by atoms with van der Waals surface area (Å²) in [5, 5.41) is 0. The summed E-state index contributed by atoms with van der Waals surface area (Å²) in [6.07, 6.45) is 8.94. The van der Waals surface area contributed by atoms with Crippen molar-refractivity contribution in [2.75, 3.05) is 0 Å². The molecule has 0 amide bonds. The maximum Gasteiger partial charge on any atom is 0.302 e. The van der Waals surface area contributed by atoms with Crippen LogP contribution in [0.3, 0.4) is 0 Å². The molecule has 0 aliphatic heterocycles. The van der Waals surface area contributed by atoms with Gasteiger partial charge in [0.1, 0.15) is 12.4 Å². The fourth-order valence-corrected chi connectivity index (χ4v) is 11.3. The standard InChI is InChI=1S/C32H49NO4/c1-19(2)25-21(36)17-31(18-34)16-15-30(8)29(7)13-9-22-27(4,5)24(37-20(3)35)11-12-28(22,6)23(29)10-14-32(30,33)26(25)31/h18-19,22-24H,9-17,33H2,1-8H3. The lowest BCUT2D eigenvalue weighted by molar-refractivity contribution is -0.235. The van der Waals surface area contributed by atoms with Gasteiger partial charge in [0, 0.05) is 24.3 Å². The van der Waals surface area contributed by atoms with Crippen LogP contribution in [0.25, 0.3) is 0 Å². The molecule has 0 bridgehead atoms. The van der Waals surface area contributed by atoms with Gasteiger partial charge in [-0.2, -0.15) is 0 Å². The molecule has 5 heteroatoms. The lowest BCUT2D eigenvalue weighted by atomic mass is 9.31. The van der Waals surface area contributed by atoms with Crippen LogP contribution >= 0.6 is 0 Å². The molecule has 8 atom stereocenters. The van der Waals surface area contributed by atoms with E-state index >= 15 is 0 Å². The third-order valence-electron chi connectivity index (χ3n) is 13.2. The highest BCUT2D eigenvalue weighted by Crippen LogP contribution is 2.77. The molecule has 0 aromatic rings. The van der Waals surface area contributed by atoms with Crippen molar-refractivity contribution in [3.05, 3.63) is 11.1 Å². The Morgan fingerprint density at radius 3 is 2.22 bits per heavy atom. The van der Waals surface area contributed by atoms with Gasteiger partial charge in [0.2, 0.25) is 0 Å². The summed E-state index contributed by atoms with van der Waals surface area (Å²) in [4.78, 5) is 37.9. The number of aldehydes is 1. The zero-order valence-corrected chi connectivity index (χ0v) is 24.5. The second-order valence-electron chi connectivity index (χ2n) is 15.2. The van der Waals surface area contributed by atoms with E-state index < -0.39 is 11.0 Å². The van der Waals surface area contributed by atoms with Gasteiger partial charge in [-0.3, -0.25) is 9.59 Å². The monoisotopic (exact) mass is 511 g/mol. The average molecular weight is 512 g/mol. The van der Waals surface area contributed by atoms with Gasteiger partial charge >= 0.3 is 5.97 Å². The van der Waals surface area contributed by atoms with Gasteiger partial charge < -0.3 is 15.3 Å². The smallest absolute Gasteiger partial charge is 0.302 e. The maximum atomic E-state index is 13.3. The summed E-state index contributed by atoms with van der Waals surface area (Å²) in [6.45, 7) is 17.7. The number of Topliss-reactive ketones (excluding diaryl/α,β-unsaturated/α-hetero) is 1. The van der Waals surface area contributed by atoms with Crippen LogP contribution in [-0.2, 0) is 19.1 Å². The summed E-state index contributed by atoms with van der Waals surface area (Å²) in [5.41, 5.74) is 8.02. The normalized spacial score (nSPS) is 48.6. The second-order valence-corrected chi connectivity index (χ2v) is 15.2. The number of carbonyl (C=O) groups is 3. The SMILES string of the molecule is CC(=O)OC1CCC2(C)C(CCC3(C)C2CCC2(N)C4=C(C(C)C)C(=O)CC4(C=O)CCC23C)C1(C)C. The van der Waals surface area contributed by atoms with E-state index in [-0.39, 0.29) is 45.4 Å². The van der Waals surface area contributed by atoms with E-state index in [1.165, 1.54) is 6.92 Å². The maximum absolute atomic E-state index is 13.3. The van der Waals surface area contributed by atoms with Gasteiger partial charge in [0.05, 0.1) is 5.41 Å². The summed E-state index contributed by atoms with van der Waals surface area (Å²) in [6, 6.07) is 0. The fourth-order valence-electron chi connectivity index (χ4n) is 11.3. The van der Waals surface area contributed by atoms with Crippen molar-refractivity contribution in [2.24, 2.45) is 50.6 Å². The molecule has 0 aromatic carbocycles. The molecule has 0 radical (unpaired) electrons. The van der Waals surface area contributed by atoms with Gasteiger partial charge in [-0.05, 0) is 96.5 Å². The van der Waals surface area contributed by atoms with Gasteiger partial charge in [0.25, 0.3) is 0 Å². The van der Waals surface area contributed by atoms with Crippen LogP contribution in [0.15, 0.2) is 11.1 Å². The molecule has 5 aliphatic carbocycles. The molecule has 4 saturated carbocycles. The molecular formula is C32H49NO4. The molecule has 37 heavy (non-hydrogen) atoms. The molecule has 2 N–H and O–H groups in total. The van der Waals surface area contributed by atoms with Crippen molar-refractivity contribution < 1.29 is 19.1 Å². The topological polar surface area (TPSA) is 86.5 Å². The van der Waals surface area contributed by atoms with Crippen molar-refractivity contribution >= 4 is 18.0 Å². The number of fused-ring (bicyclic) bond motifs is 7. The first-order chi connectivity index (χ1) is 17.0. The Bertz CT molecular complexity index is 1070. The van der Waals surface area contributed by atoms with Gasteiger partial charge in [-0.1, -0.05) is 48.5 Å². The highest BCUT2D eigenvalue weighted by atomic mass is 16.5. The molecule has 206 valence electrons. The van der Waals surface area contributed by atoms with Crippen molar-refractivity contribution in [1.82, 2.24) is 0 Å². The molecule has 5 rings (SSSR count). The van der Waals surface area contributed by atoms with Crippen molar-refractivity contribution in [1.29, 1.82) is 0 Å². The highest BCUT2D eigenvalue weighted by Gasteiger charge is 2.74. The number of ether oxygens (including phenoxy) is 1. The quantitative estimate of drug-likeness (QED) is 0.361. The summed E-state index contributed by atoms with van der Waals surface area (Å²) in [7, 11) is 0. The number of ketones is 1. The average Bonchev–Trinajstić information content (AvgIpc) is 3.11. The first-order valence-corrected chi connectivity index (χ1v) is 14.7. The van der Waals surface area contributed by atoms with Crippen molar-refractivity contribution in [2.45, 2.75) is 125 Å². The van der Waals surface area contributed by atoms with Gasteiger partial charge in [-0.25, -0.2) is 0 Å². The number of esters is 1. The Hall–Kier alpha value is -1.49. The predicted molar refractivity (Wildman–Crippen MR) is 144 cm³/mol. The molecule has 8 unspecified atom stereocenters. The first-order valence-electron chi connectivity index (χ1n) is 14.7. The summed E-state index contributed by atoms with van der Waals surface area (Å²) < 4.78 is 5.87. The third-order valence-corrected chi connectivity index (χ3v) is 13.2. The van der Waals surface area contributed by atoms with E-state index in [4.69, 9.17) is 10.5 Å². The summed E-state index contributed by atoms with van der Waals surface area (Å²) >= 11 is 0. The predicted octanol–water partition coefficient (Wildman–Crippen LogP) is 6.18. The molecule has 0 saturated heterocycles. The molecule has 5 nitrogen and oxygen atoms in total.